The summed E-state index contributed by atoms with van der Waals surface area (Å²) >= 11 is 0. The standard InChI is InChI=1S/C31H33N3O3/c1-2-36-27-15-13-24(14-16-27)28-23-32-29(37-28)17-18-30(35)33-19-21-34(22-20-33)31(25-9-5-3-6-10-25)26-11-7-4-8-12-26/h3-16,23,31H,2,17-22H2,1H3. The molecule has 1 aliphatic rings. The molecule has 1 amide bonds. The number of hydrogen-bond donors (Lipinski definition) is 0. The zero-order valence-electron chi connectivity index (χ0n) is 21.3. The van der Waals surface area contributed by atoms with Crippen molar-refractivity contribution in [1.29, 1.82) is 0 Å². The minimum absolute atomic E-state index is 0.149. The summed E-state index contributed by atoms with van der Waals surface area (Å²) in [6.45, 7) is 5.71. The van der Waals surface area contributed by atoms with Crippen LogP contribution in [0.5, 0.6) is 5.75 Å². The van der Waals surface area contributed by atoms with Gasteiger partial charge in [-0.2, -0.15) is 0 Å². The van der Waals surface area contributed by atoms with Crippen LogP contribution in [0.2, 0.25) is 0 Å². The van der Waals surface area contributed by atoms with Crippen LogP contribution in [0.25, 0.3) is 11.3 Å². The lowest BCUT2D eigenvalue weighted by molar-refractivity contribution is -0.133. The molecule has 3 aromatic carbocycles. The van der Waals surface area contributed by atoms with Crippen molar-refractivity contribution in [2.75, 3.05) is 32.8 Å². The number of aryl methyl sites for hydroxylation is 1. The Hall–Kier alpha value is -3.90. The Labute approximate surface area is 218 Å². The van der Waals surface area contributed by atoms with Crippen molar-refractivity contribution in [3.05, 3.63) is 108 Å². The maximum Gasteiger partial charge on any atom is 0.223 e. The number of rotatable bonds is 9. The van der Waals surface area contributed by atoms with Crippen LogP contribution >= 0.6 is 0 Å². The largest absolute Gasteiger partial charge is 0.494 e. The summed E-state index contributed by atoms with van der Waals surface area (Å²) in [6, 6.07) is 29.2. The predicted octanol–water partition coefficient (Wildman–Crippen LogP) is 5.61. The molecule has 0 bridgehead atoms. The molecule has 1 aliphatic heterocycles. The molecule has 6 nitrogen and oxygen atoms in total. The molecule has 5 rings (SSSR count). The number of aromatic nitrogens is 1. The normalized spacial score (nSPS) is 14.2. The van der Waals surface area contributed by atoms with Crippen molar-refractivity contribution in [2.24, 2.45) is 0 Å². The zero-order valence-corrected chi connectivity index (χ0v) is 21.3. The van der Waals surface area contributed by atoms with Gasteiger partial charge in [-0.25, -0.2) is 4.98 Å². The third-order valence-corrected chi connectivity index (χ3v) is 6.82. The van der Waals surface area contributed by atoms with Crippen LogP contribution in [-0.4, -0.2) is 53.5 Å². The number of nitrogens with zero attached hydrogens (tertiary/aromatic N) is 3. The monoisotopic (exact) mass is 495 g/mol. The first-order valence-electron chi connectivity index (χ1n) is 13.0. The van der Waals surface area contributed by atoms with E-state index in [-0.39, 0.29) is 11.9 Å². The fourth-order valence-electron chi connectivity index (χ4n) is 4.93. The van der Waals surface area contributed by atoms with E-state index in [0.29, 0.717) is 31.1 Å². The molecular weight excluding hydrogens is 462 g/mol. The van der Waals surface area contributed by atoms with Crippen LogP contribution in [0, 0.1) is 0 Å². The summed E-state index contributed by atoms with van der Waals surface area (Å²) in [5, 5.41) is 0. The summed E-state index contributed by atoms with van der Waals surface area (Å²) in [5.74, 6) is 2.27. The Morgan fingerprint density at radius 1 is 0.892 bits per heavy atom. The molecule has 4 aromatic rings. The third kappa shape index (κ3) is 6.09. The zero-order chi connectivity index (χ0) is 25.5. The molecule has 0 N–H and O–H groups in total. The first-order valence-corrected chi connectivity index (χ1v) is 13.0. The summed E-state index contributed by atoms with van der Waals surface area (Å²) in [6.07, 6.45) is 2.61. The van der Waals surface area contributed by atoms with Crippen molar-refractivity contribution >= 4 is 5.91 Å². The molecule has 37 heavy (non-hydrogen) atoms. The maximum absolute atomic E-state index is 13.0. The molecule has 0 atom stereocenters. The van der Waals surface area contributed by atoms with Crippen molar-refractivity contribution in [3.63, 3.8) is 0 Å². The van der Waals surface area contributed by atoms with Crippen LogP contribution in [0.4, 0.5) is 0 Å². The van der Waals surface area contributed by atoms with Gasteiger partial charge in [0.2, 0.25) is 5.91 Å². The van der Waals surface area contributed by atoms with E-state index in [9.17, 15) is 4.79 Å². The number of carbonyl (C=O) groups is 1. The van der Waals surface area contributed by atoms with Gasteiger partial charge in [-0.05, 0) is 42.3 Å². The van der Waals surface area contributed by atoms with E-state index >= 15 is 0 Å². The van der Waals surface area contributed by atoms with Gasteiger partial charge in [0.1, 0.15) is 5.75 Å². The Morgan fingerprint density at radius 3 is 2.11 bits per heavy atom. The lowest BCUT2D eigenvalue weighted by Crippen LogP contribution is -2.49. The Bertz CT molecular complexity index is 1220. The highest BCUT2D eigenvalue weighted by Crippen LogP contribution is 2.29. The minimum Gasteiger partial charge on any atom is -0.494 e. The van der Waals surface area contributed by atoms with Crippen LogP contribution in [0.1, 0.15) is 36.4 Å². The minimum atomic E-state index is 0.149. The van der Waals surface area contributed by atoms with Gasteiger partial charge in [-0.1, -0.05) is 60.7 Å². The van der Waals surface area contributed by atoms with Gasteiger partial charge >= 0.3 is 0 Å². The molecule has 190 valence electrons. The first kappa shape index (κ1) is 24.8. The van der Waals surface area contributed by atoms with Crippen molar-refractivity contribution in [1.82, 2.24) is 14.8 Å². The fourth-order valence-corrected chi connectivity index (χ4v) is 4.93. The summed E-state index contributed by atoms with van der Waals surface area (Å²) < 4.78 is 11.4. The van der Waals surface area contributed by atoms with E-state index in [4.69, 9.17) is 9.15 Å². The average molecular weight is 496 g/mol. The molecule has 0 saturated carbocycles. The summed E-state index contributed by atoms with van der Waals surface area (Å²) in [5.41, 5.74) is 3.50. The molecular formula is C31H33N3O3. The van der Waals surface area contributed by atoms with Gasteiger partial charge in [0.25, 0.3) is 0 Å². The highest BCUT2D eigenvalue weighted by atomic mass is 16.5. The van der Waals surface area contributed by atoms with Gasteiger partial charge in [0.15, 0.2) is 11.7 Å². The van der Waals surface area contributed by atoms with Gasteiger partial charge in [-0.3, -0.25) is 9.69 Å². The van der Waals surface area contributed by atoms with Crippen LogP contribution in [-0.2, 0) is 11.2 Å². The second-order valence-corrected chi connectivity index (χ2v) is 9.22. The average Bonchev–Trinajstić information content (AvgIpc) is 3.43. The smallest absolute Gasteiger partial charge is 0.223 e. The van der Waals surface area contributed by atoms with E-state index in [1.165, 1.54) is 11.1 Å². The number of amides is 1. The fraction of sp³-hybridized carbons (Fsp3) is 0.290. The van der Waals surface area contributed by atoms with Crippen molar-refractivity contribution < 1.29 is 13.9 Å². The van der Waals surface area contributed by atoms with E-state index in [2.05, 4.69) is 70.5 Å². The van der Waals surface area contributed by atoms with E-state index in [1.54, 1.807) is 6.20 Å². The molecule has 0 spiro atoms. The van der Waals surface area contributed by atoms with E-state index in [1.807, 2.05) is 36.1 Å². The van der Waals surface area contributed by atoms with Crippen LogP contribution in [0.15, 0.2) is 95.5 Å². The predicted molar refractivity (Wildman–Crippen MR) is 144 cm³/mol. The van der Waals surface area contributed by atoms with E-state index in [0.717, 1.165) is 37.5 Å². The van der Waals surface area contributed by atoms with Crippen LogP contribution in [0.3, 0.4) is 0 Å². The topological polar surface area (TPSA) is 58.8 Å². The highest BCUT2D eigenvalue weighted by Gasteiger charge is 2.28. The molecule has 0 radical (unpaired) electrons. The SMILES string of the molecule is CCOc1ccc(-c2cnc(CCC(=O)N3CCN(C(c4ccccc4)c4ccccc4)CC3)o2)cc1. The molecule has 1 aromatic heterocycles. The van der Waals surface area contributed by atoms with Gasteiger partial charge in [0.05, 0.1) is 18.8 Å². The Kier molecular flexibility index (Phi) is 7.96. The quantitative estimate of drug-likeness (QED) is 0.302. The van der Waals surface area contributed by atoms with E-state index < -0.39 is 0 Å². The number of carbonyl (C=O) groups excluding carboxylic acids is 1. The molecule has 6 heteroatoms. The van der Waals surface area contributed by atoms with Crippen LogP contribution < -0.4 is 4.74 Å². The Morgan fingerprint density at radius 2 is 1.51 bits per heavy atom. The number of hydrogen-bond acceptors (Lipinski definition) is 5. The maximum atomic E-state index is 13.0. The number of ether oxygens (including phenoxy) is 1. The number of oxazole rings is 1. The number of benzene rings is 3. The number of piperazine rings is 1. The van der Waals surface area contributed by atoms with Gasteiger partial charge in [0, 0.05) is 44.6 Å². The highest BCUT2D eigenvalue weighted by molar-refractivity contribution is 5.76. The molecule has 2 heterocycles. The molecule has 0 aliphatic carbocycles. The third-order valence-electron chi connectivity index (χ3n) is 6.82. The molecule has 1 saturated heterocycles. The lowest BCUT2D eigenvalue weighted by atomic mass is 9.96. The van der Waals surface area contributed by atoms with Crippen molar-refractivity contribution in [3.8, 4) is 17.1 Å². The summed E-state index contributed by atoms with van der Waals surface area (Å²) in [4.78, 5) is 21.8. The molecule has 0 unspecified atom stereocenters. The summed E-state index contributed by atoms with van der Waals surface area (Å²) in [7, 11) is 0. The Balaban J connectivity index is 1.16. The van der Waals surface area contributed by atoms with Gasteiger partial charge < -0.3 is 14.1 Å². The van der Waals surface area contributed by atoms with Gasteiger partial charge in [-0.15, -0.1) is 0 Å². The lowest BCUT2D eigenvalue weighted by Gasteiger charge is -2.39. The second-order valence-electron chi connectivity index (χ2n) is 9.22. The van der Waals surface area contributed by atoms with Crippen molar-refractivity contribution in [2.45, 2.75) is 25.8 Å². The second kappa shape index (κ2) is 11.9. The molecule has 1 fully saturated rings. The first-order chi connectivity index (χ1) is 18.2.